The SMILES string of the molecule is CC1CN2CCCC2CN1c1cnc(CCl)cn1. The summed E-state index contributed by atoms with van der Waals surface area (Å²) in [6, 6.07) is 1.21. The number of anilines is 1. The highest BCUT2D eigenvalue weighted by molar-refractivity contribution is 6.16. The molecule has 1 aromatic rings. The van der Waals surface area contributed by atoms with Crippen LogP contribution in [0, 0.1) is 0 Å². The Balaban J connectivity index is 1.77. The normalized spacial score (nSPS) is 28.4. The number of aromatic nitrogens is 2. The summed E-state index contributed by atoms with van der Waals surface area (Å²) in [6.07, 6.45) is 6.30. The first-order chi connectivity index (χ1) is 8.78. The molecule has 0 radical (unpaired) electrons. The fourth-order valence-corrected chi connectivity index (χ4v) is 3.21. The van der Waals surface area contributed by atoms with E-state index in [2.05, 4.69) is 26.7 Å². The van der Waals surface area contributed by atoms with Crippen molar-refractivity contribution in [2.45, 2.75) is 37.7 Å². The maximum Gasteiger partial charge on any atom is 0.147 e. The van der Waals surface area contributed by atoms with Gasteiger partial charge in [-0.2, -0.15) is 0 Å². The molecule has 3 rings (SSSR count). The molecule has 18 heavy (non-hydrogen) atoms. The molecule has 2 unspecified atom stereocenters. The number of rotatable bonds is 2. The molecular weight excluding hydrogens is 248 g/mol. The van der Waals surface area contributed by atoms with Gasteiger partial charge >= 0.3 is 0 Å². The van der Waals surface area contributed by atoms with Crippen LogP contribution in [0.15, 0.2) is 12.4 Å². The van der Waals surface area contributed by atoms with E-state index in [1.807, 2.05) is 6.20 Å². The zero-order chi connectivity index (χ0) is 12.5. The van der Waals surface area contributed by atoms with Crippen LogP contribution in [0.4, 0.5) is 5.82 Å². The van der Waals surface area contributed by atoms with E-state index in [-0.39, 0.29) is 0 Å². The van der Waals surface area contributed by atoms with E-state index in [0.717, 1.165) is 24.6 Å². The molecule has 2 aliphatic heterocycles. The number of hydrogen-bond acceptors (Lipinski definition) is 4. The highest BCUT2D eigenvalue weighted by Gasteiger charge is 2.34. The average molecular weight is 267 g/mol. The lowest BCUT2D eigenvalue weighted by Gasteiger charge is -2.42. The van der Waals surface area contributed by atoms with Gasteiger partial charge in [-0.3, -0.25) is 9.88 Å². The van der Waals surface area contributed by atoms with Gasteiger partial charge in [-0.25, -0.2) is 4.98 Å². The second-order valence-corrected chi connectivity index (χ2v) is 5.56. The topological polar surface area (TPSA) is 32.3 Å². The third-order valence-electron chi connectivity index (χ3n) is 4.06. The number of hydrogen-bond donors (Lipinski definition) is 0. The van der Waals surface area contributed by atoms with Gasteiger partial charge in [0.1, 0.15) is 5.82 Å². The van der Waals surface area contributed by atoms with Crippen molar-refractivity contribution in [3.05, 3.63) is 18.1 Å². The second kappa shape index (κ2) is 5.02. The third-order valence-corrected chi connectivity index (χ3v) is 4.33. The molecule has 2 saturated heterocycles. The largest absolute Gasteiger partial charge is 0.350 e. The smallest absolute Gasteiger partial charge is 0.147 e. The second-order valence-electron chi connectivity index (χ2n) is 5.29. The van der Waals surface area contributed by atoms with Gasteiger partial charge in [-0.1, -0.05) is 0 Å². The molecule has 0 N–H and O–H groups in total. The summed E-state index contributed by atoms with van der Waals surface area (Å²) in [7, 11) is 0. The lowest BCUT2D eigenvalue weighted by molar-refractivity contribution is 0.202. The lowest BCUT2D eigenvalue weighted by Crippen LogP contribution is -2.55. The summed E-state index contributed by atoms with van der Waals surface area (Å²) in [6.45, 7) is 5.76. The predicted molar refractivity (Wildman–Crippen MR) is 73.0 cm³/mol. The zero-order valence-electron chi connectivity index (χ0n) is 10.7. The van der Waals surface area contributed by atoms with Gasteiger partial charge in [-0.15, -0.1) is 11.6 Å². The van der Waals surface area contributed by atoms with E-state index in [1.54, 1.807) is 6.20 Å². The van der Waals surface area contributed by atoms with E-state index >= 15 is 0 Å². The molecule has 3 heterocycles. The van der Waals surface area contributed by atoms with E-state index in [0.29, 0.717) is 18.0 Å². The summed E-state index contributed by atoms with van der Waals surface area (Å²) in [5, 5.41) is 0. The lowest BCUT2D eigenvalue weighted by atomic mass is 10.1. The van der Waals surface area contributed by atoms with Crippen LogP contribution >= 0.6 is 11.6 Å². The minimum absolute atomic E-state index is 0.430. The minimum atomic E-state index is 0.430. The predicted octanol–water partition coefficient (Wildman–Crippen LogP) is 1.89. The van der Waals surface area contributed by atoms with Crippen molar-refractivity contribution in [1.29, 1.82) is 0 Å². The number of fused-ring (bicyclic) bond motifs is 1. The monoisotopic (exact) mass is 266 g/mol. The molecule has 2 fully saturated rings. The quantitative estimate of drug-likeness (QED) is 0.766. The van der Waals surface area contributed by atoms with Crippen LogP contribution in [0.3, 0.4) is 0 Å². The van der Waals surface area contributed by atoms with Crippen LogP contribution in [0.2, 0.25) is 0 Å². The molecule has 1 aromatic heterocycles. The van der Waals surface area contributed by atoms with E-state index in [4.69, 9.17) is 11.6 Å². The summed E-state index contributed by atoms with van der Waals surface area (Å²) < 4.78 is 0. The molecule has 2 atom stereocenters. The first-order valence-corrected chi connectivity index (χ1v) is 7.19. The Morgan fingerprint density at radius 2 is 2.22 bits per heavy atom. The van der Waals surface area contributed by atoms with E-state index in [9.17, 15) is 0 Å². The van der Waals surface area contributed by atoms with Crippen molar-refractivity contribution in [3.63, 3.8) is 0 Å². The van der Waals surface area contributed by atoms with Crippen molar-refractivity contribution in [1.82, 2.24) is 14.9 Å². The minimum Gasteiger partial charge on any atom is -0.350 e. The van der Waals surface area contributed by atoms with E-state index in [1.165, 1.54) is 19.4 Å². The maximum atomic E-state index is 5.74. The number of nitrogens with zero attached hydrogens (tertiary/aromatic N) is 4. The number of piperazine rings is 1. The first kappa shape index (κ1) is 12.2. The molecule has 4 nitrogen and oxygen atoms in total. The first-order valence-electron chi connectivity index (χ1n) is 6.65. The van der Waals surface area contributed by atoms with Crippen LogP contribution in [-0.2, 0) is 5.88 Å². The van der Waals surface area contributed by atoms with Crippen molar-refractivity contribution in [2.24, 2.45) is 0 Å². The summed E-state index contributed by atoms with van der Waals surface area (Å²) in [4.78, 5) is 13.8. The Hall–Kier alpha value is -0.870. The summed E-state index contributed by atoms with van der Waals surface area (Å²) >= 11 is 5.74. The number of alkyl halides is 1. The van der Waals surface area contributed by atoms with E-state index < -0.39 is 0 Å². The zero-order valence-corrected chi connectivity index (χ0v) is 11.5. The Labute approximate surface area is 113 Å². The van der Waals surface area contributed by atoms with Crippen LogP contribution in [0.25, 0.3) is 0 Å². The highest BCUT2D eigenvalue weighted by Crippen LogP contribution is 2.27. The van der Waals surface area contributed by atoms with Gasteiger partial charge < -0.3 is 4.90 Å². The van der Waals surface area contributed by atoms with Crippen LogP contribution in [0.1, 0.15) is 25.5 Å². The Bertz CT molecular complexity index is 408. The van der Waals surface area contributed by atoms with Crippen LogP contribution < -0.4 is 4.90 Å². The molecule has 0 amide bonds. The molecule has 5 heteroatoms. The van der Waals surface area contributed by atoms with Crippen molar-refractivity contribution < 1.29 is 0 Å². The van der Waals surface area contributed by atoms with Crippen LogP contribution in [-0.4, -0.2) is 46.6 Å². The Kier molecular flexibility index (Phi) is 3.39. The molecule has 0 spiro atoms. The van der Waals surface area contributed by atoms with Crippen molar-refractivity contribution in [2.75, 3.05) is 24.5 Å². The Morgan fingerprint density at radius 1 is 1.33 bits per heavy atom. The Morgan fingerprint density at radius 3 is 2.94 bits per heavy atom. The molecule has 0 aliphatic carbocycles. The molecule has 0 aromatic carbocycles. The summed E-state index contributed by atoms with van der Waals surface area (Å²) in [5.74, 6) is 1.42. The third kappa shape index (κ3) is 2.19. The fourth-order valence-electron chi connectivity index (χ4n) is 3.07. The molecule has 0 bridgehead atoms. The van der Waals surface area contributed by atoms with Gasteiger partial charge in [0.15, 0.2) is 0 Å². The molecule has 98 valence electrons. The van der Waals surface area contributed by atoms with Gasteiger partial charge in [0.25, 0.3) is 0 Å². The van der Waals surface area contributed by atoms with Crippen LogP contribution in [0.5, 0.6) is 0 Å². The summed E-state index contributed by atoms with van der Waals surface area (Å²) in [5.41, 5.74) is 0.840. The standard InChI is InChI=1S/C13H19ClN4/c1-10-8-17-4-2-3-12(17)9-18(10)13-7-15-11(5-14)6-16-13/h6-7,10,12H,2-5,8-9H2,1H3. The van der Waals surface area contributed by atoms with Gasteiger partial charge in [-0.05, 0) is 26.3 Å². The maximum absolute atomic E-state index is 5.74. The molecule has 2 aliphatic rings. The van der Waals surface area contributed by atoms with Gasteiger partial charge in [0.05, 0.1) is 24.0 Å². The highest BCUT2D eigenvalue weighted by atomic mass is 35.5. The van der Waals surface area contributed by atoms with Gasteiger partial charge in [0, 0.05) is 25.2 Å². The average Bonchev–Trinajstić information content (AvgIpc) is 2.85. The molecular formula is C13H19ClN4. The number of halogens is 1. The van der Waals surface area contributed by atoms with Crippen molar-refractivity contribution in [3.8, 4) is 0 Å². The van der Waals surface area contributed by atoms with Crippen molar-refractivity contribution >= 4 is 17.4 Å². The fraction of sp³-hybridized carbons (Fsp3) is 0.692. The molecule has 0 saturated carbocycles. The van der Waals surface area contributed by atoms with Gasteiger partial charge in [0.2, 0.25) is 0 Å².